The second-order valence-electron chi connectivity index (χ2n) is 3.93. The van der Waals surface area contributed by atoms with E-state index in [1.165, 1.54) is 0 Å². The molecule has 18 heavy (non-hydrogen) atoms. The zero-order valence-corrected chi connectivity index (χ0v) is 11.6. The number of carboxylic acids is 1. The minimum absolute atomic E-state index is 0.0734. The molecule has 0 bridgehead atoms. The summed E-state index contributed by atoms with van der Waals surface area (Å²) in [4.78, 5) is 12.6. The molecule has 1 N–H and O–H groups in total. The van der Waals surface area contributed by atoms with Crippen LogP contribution in [0.4, 0.5) is 0 Å². The van der Waals surface area contributed by atoms with E-state index in [-0.39, 0.29) is 12.6 Å². The van der Waals surface area contributed by atoms with Gasteiger partial charge in [-0.2, -0.15) is 0 Å². The van der Waals surface area contributed by atoms with Crippen molar-refractivity contribution in [2.75, 3.05) is 13.1 Å². The van der Waals surface area contributed by atoms with Crippen molar-refractivity contribution in [1.29, 1.82) is 0 Å². The zero-order chi connectivity index (χ0) is 13.7. The molecule has 5 heteroatoms. The Labute approximate surface area is 117 Å². The maximum absolute atomic E-state index is 10.8. The molecule has 0 saturated carbocycles. The van der Waals surface area contributed by atoms with Gasteiger partial charge in [-0.15, -0.1) is 6.58 Å². The predicted molar refractivity (Wildman–Crippen MR) is 74.3 cm³/mol. The first-order valence-corrected chi connectivity index (χ1v) is 6.23. The molecule has 0 radical (unpaired) electrons. The van der Waals surface area contributed by atoms with Gasteiger partial charge in [0.2, 0.25) is 0 Å². The first-order valence-electron chi connectivity index (χ1n) is 5.48. The van der Waals surface area contributed by atoms with Crippen molar-refractivity contribution in [3.63, 3.8) is 0 Å². The van der Waals surface area contributed by atoms with Gasteiger partial charge in [-0.05, 0) is 18.6 Å². The van der Waals surface area contributed by atoms with Crippen LogP contribution in [-0.2, 0) is 4.79 Å². The highest BCUT2D eigenvalue weighted by Gasteiger charge is 2.20. The van der Waals surface area contributed by atoms with Crippen molar-refractivity contribution in [2.45, 2.75) is 13.0 Å². The van der Waals surface area contributed by atoms with Crippen LogP contribution in [0, 0.1) is 0 Å². The molecule has 0 aromatic heterocycles. The fourth-order valence-corrected chi connectivity index (χ4v) is 2.20. The number of carbonyl (C=O) groups is 1. The maximum Gasteiger partial charge on any atom is 0.317 e. The smallest absolute Gasteiger partial charge is 0.317 e. The van der Waals surface area contributed by atoms with Gasteiger partial charge in [-0.3, -0.25) is 9.69 Å². The predicted octanol–water partition coefficient (Wildman–Crippen LogP) is 3.63. The molecule has 0 heterocycles. The van der Waals surface area contributed by atoms with Crippen molar-refractivity contribution in [2.24, 2.45) is 0 Å². The normalized spacial score (nSPS) is 12.4. The zero-order valence-electron chi connectivity index (χ0n) is 10.1. The van der Waals surface area contributed by atoms with Crippen LogP contribution >= 0.6 is 23.2 Å². The van der Waals surface area contributed by atoms with Gasteiger partial charge in [0.1, 0.15) is 0 Å². The number of benzene rings is 1. The van der Waals surface area contributed by atoms with Gasteiger partial charge in [0.05, 0.1) is 16.6 Å². The van der Waals surface area contributed by atoms with Crippen molar-refractivity contribution in [1.82, 2.24) is 4.90 Å². The highest BCUT2D eigenvalue weighted by molar-refractivity contribution is 6.42. The van der Waals surface area contributed by atoms with E-state index in [0.29, 0.717) is 16.6 Å². The fourth-order valence-electron chi connectivity index (χ4n) is 1.74. The summed E-state index contributed by atoms with van der Waals surface area (Å²) in [6, 6.07) is 5.20. The quantitative estimate of drug-likeness (QED) is 0.813. The molecule has 1 rings (SSSR count). The van der Waals surface area contributed by atoms with Gasteiger partial charge in [0.25, 0.3) is 0 Å². The molecule has 0 aliphatic carbocycles. The lowest BCUT2D eigenvalue weighted by Gasteiger charge is -2.27. The third kappa shape index (κ3) is 3.73. The highest BCUT2D eigenvalue weighted by atomic mass is 35.5. The minimum atomic E-state index is -0.887. The van der Waals surface area contributed by atoms with E-state index in [9.17, 15) is 4.79 Å². The van der Waals surface area contributed by atoms with Crippen molar-refractivity contribution in [3.8, 4) is 0 Å². The molecule has 0 fully saturated rings. The van der Waals surface area contributed by atoms with Gasteiger partial charge in [-0.1, -0.05) is 41.4 Å². The van der Waals surface area contributed by atoms with Crippen LogP contribution in [-0.4, -0.2) is 29.1 Å². The summed E-state index contributed by atoms with van der Waals surface area (Å²) in [6.07, 6.45) is 1.66. The van der Waals surface area contributed by atoms with Crippen molar-refractivity contribution < 1.29 is 9.90 Å². The van der Waals surface area contributed by atoms with E-state index in [2.05, 4.69) is 6.58 Å². The van der Waals surface area contributed by atoms with Gasteiger partial charge >= 0.3 is 5.97 Å². The van der Waals surface area contributed by atoms with E-state index in [1.54, 1.807) is 23.1 Å². The third-order valence-electron chi connectivity index (χ3n) is 2.68. The Balaban J connectivity index is 3.00. The minimum Gasteiger partial charge on any atom is -0.480 e. The number of nitrogens with zero attached hydrogens (tertiary/aromatic N) is 1. The molecular formula is C13H15Cl2NO2. The SMILES string of the molecule is C=CCN(CC(=O)O)C(C)c1cccc(Cl)c1Cl. The summed E-state index contributed by atoms with van der Waals surface area (Å²) in [5.74, 6) is -0.887. The van der Waals surface area contributed by atoms with Gasteiger partial charge < -0.3 is 5.11 Å². The summed E-state index contributed by atoms with van der Waals surface area (Å²) in [6.45, 7) is 5.92. The molecule has 0 amide bonds. The summed E-state index contributed by atoms with van der Waals surface area (Å²) in [7, 11) is 0. The van der Waals surface area contributed by atoms with E-state index in [0.717, 1.165) is 5.56 Å². The third-order valence-corrected chi connectivity index (χ3v) is 3.51. The lowest BCUT2D eigenvalue weighted by Crippen LogP contribution is -2.32. The monoisotopic (exact) mass is 287 g/mol. The Morgan fingerprint density at radius 3 is 2.78 bits per heavy atom. The molecule has 1 unspecified atom stereocenters. The van der Waals surface area contributed by atoms with Crippen LogP contribution in [0.3, 0.4) is 0 Å². The molecule has 0 aliphatic rings. The van der Waals surface area contributed by atoms with Crippen molar-refractivity contribution in [3.05, 3.63) is 46.5 Å². The number of aliphatic carboxylic acids is 1. The first-order chi connectivity index (χ1) is 8.47. The summed E-state index contributed by atoms with van der Waals surface area (Å²) >= 11 is 12.1. The Bertz CT molecular complexity index is 449. The van der Waals surface area contributed by atoms with Gasteiger partial charge in [0.15, 0.2) is 0 Å². The van der Waals surface area contributed by atoms with E-state index >= 15 is 0 Å². The topological polar surface area (TPSA) is 40.5 Å². The summed E-state index contributed by atoms with van der Waals surface area (Å²) in [5.41, 5.74) is 0.812. The molecule has 1 aromatic carbocycles. The molecule has 1 atom stereocenters. The standard InChI is InChI=1S/C13H15Cl2NO2/c1-3-7-16(8-12(17)18)9(2)10-5-4-6-11(14)13(10)15/h3-6,9H,1,7-8H2,2H3,(H,17,18). The number of rotatable bonds is 6. The van der Waals surface area contributed by atoms with Crippen LogP contribution in [0.25, 0.3) is 0 Å². The molecule has 3 nitrogen and oxygen atoms in total. The number of hydrogen-bond acceptors (Lipinski definition) is 2. The molecule has 0 saturated heterocycles. The lowest BCUT2D eigenvalue weighted by molar-refractivity contribution is -0.138. The van der Waals surface area contributed by atoms with Crippen LogP contribution in [0.1, 0.15) is 18.5 Å². The number of halogens is 2. The Morgan fingerprint density at radius 1 is 1.56 bits per heavy atom. The Hall–Kier alpha value is -1.03. The maximum atomic E-state index is 10.8. The molecule has 0 aliphatic heterocycles. The number of hydrogen-bond donors (Lipinski definition) is 1. The largest absolute Gasteiger partial charge is 0.480 e. The van der Waals surface area contributed by atoms with E-state index in [4.69, 9.17) is 28.3 Å². The molecule has 1 aromatic rings. The lowest BCUT2D eigenvalue weighted by atomic mass is 10.1. The van der Waals surface area contributed by atoms with E-state index in [1.807, 2.05) is 13.0 Å². The molecular weight excluding hydrogens is 273 g/mol. The summed E-state index contributed by atoms with van der Waals surface area (Å²) < 4.78 is 0. The van der Waals surface area contributed by atoms with Gasteiger partial charge in [-0.25, -0.2) is 0 Å². The van der Waals surface area contributed by atoms with E-state index < -0.39 is 5.97 Å². The first kappa shape index (κ1) is 15.0. The average molecular weight is 288 g/mol. The second-order valence-corrected chi connectivity index (χ2v) is 4.72. The van der Waals surface area contributed by atoms with Crippen LogP contribution in [0.5, 0.6) is 0 Å². The van der Waals surface area contributed by atoms with Gasteiger partial charge in [0, 0.05) is 12.6 Å². The molecule has 98 valence electrons. The Morgan fingerprint density at radius 2 is 2.22 bits per heavy atom. The second kappa shape index (κ2) is 6.78. The highest BCUT2D eigenvalue weighted by Crippen LogP contribution is 2.32. The Kier molecular flexibility index (Phi) is 5.66. The average Bonchev–Trinajstić information content (AvgIpc) is 2.31. The van der Waals surface area contributed by atoms with Crippen LogP contribution in [0.15, 0.2) is 30.9 Å². The summed E-state index contributed by atoms with van der Waals surface area (Å²) in [5, 5.41) is 9.83. The molecule has 0 spiro atoms. The van der Waals surface area contributed by atoms with Crippen LogP contribution < -0.4 is 0 Å². The van der Waals surface area contributed by atoms with Crippen LogP contribution in [0.2, 0.25) is 10.0 Å². The van der Waals surface area contributed by atoms with Crippen molar-refractivity contribution >= 4 is 29.2 Å². The fraction of sp³-hybridized carbons (Fsp3) is 0.308. The number of carboxylic acid groups (broad SMARTS) is 1.